The number of nitrogens with zero attached hydrogens (tertiary/aromatic N) is 2. The van der Waals surface area contributed by atoms with Gasteiger partial charge in [0.2, 0.25) is 0 Å². The second-order valence-corrected chi connectivity index (χ2v) is 8.85. The number of aromatic nitrogens is 3. The van der Waals surface area contributed by atoms with Crippen molar-refractivity contribution >= 4 is 17.9 Å². The van der Waals surface area contributed by atoms with Crippen molar-refractivity contribution in [1.82, 2.24) is 15.4 Å². The summed E-state index contributed by atoms with van der Waals surface area (Å²) in [6.07, 6.45) is 0.635. The lowest BCUT2D eigenvalue weighted by molar-refractivity contribution is -0.143. The fraction of sp³-hybridized carbons (Fsp3) is 0.214. The van der Waals surface area contributed by atoms with E-state index in [1.807, 2.05) is 85.8 Å². The molecular formula is C28H26N4O4. The van der Waals surface area contributed by atoms with Gasteiger partial charge in [-0.25, -0.2) is 9.89 Å². The molecule has 1 atom stereocenters. The fourth-order valence-corrected chi connectivity index (χ4v) is 4.33. The van der Waals surface area contributed by atoms with Gasteiger partial charge < -0.3 is 9.47 Å². The predicted molar refractivity (Wildman–Crippen MR) is 135 cm³/mol. The summed E-state index contributed by atoms with van der Waals surface area (Å²) in [7, 11) is 1.43. The molecule has 1 amide bonds. The molecule has 0 bridgehead atoms. The minimum atomic E-state index is -0.601. The second kappa shape index (κ2) is 9.65. The maximum absolute atomic E-state index is 12.4. The Kier molecular flexibility index (Phi) is 6.25. The van der Waals surface area contributed by atoms with Crippen molar-refractivity contribution < 1.29 is 19.1 Å². The number of anilines is 1. The molecule has 8 nitrogen and oxygen atoms in total. The summed E-state index contributed by atoms with van der Waals surface area (Å²) in [6.45, 7) is 1.81. The van der Waals surface area contributed by atoms with Gasteiger partial charge in [-0.15, -0.1) is 5.10 Å². The summed E-state index contributed by atoms with van der Waals surface area (Å²) in [5, 5.41) is 13.4. The van der Waals surface area contributed by atoms with E-state index in [0.29, 0.717) is 11.5 Å². The summed E-state index contributed by atoms with van der Waals surface area (Å²) in [5.74, 6) is 0.185. The Morgan fingerprint density at radius 2 is 1.53 bits per heavy atom. The van der Waals surface area contributed by atoms with Gasteiger partial charge in [0, 0.05) is 5.56 Å². The first-order chi connectivity index (χ1) is 17.5. The van der Waals surface area contributed by atoms with E-state index in [2.05, 4.69) is 20.7 Å². The van der Waals surface area contributed by atoms with E-state index < -0.39 is 17.6 Å². The minimum absolute atomic E-state index is 0.171. The van der Waals surface area contributed by atoms with Crippen LogP contribution in [0, 0.1) is 0 Å². The highest BCUT2D eigenvalue weighted by molar-refractivity contribution is 5.89. The molecule has 1 fully saturated rings. The number of hydrogen-bond acceptors (Lipinski definition) is 6. The van der Waals surface area contributed by atoms with Gasteiger partial charge in [0.05, 0.1) is 12.5 Å². The zero-order valence-electron chi connectivity index (χ0n) is 20.0. The number of carbonyl (C=O) groups is 2. The van der Waals surface area contributed by atoms with Crippen molar-refractivity contribution in [2.75, 3.05) is 12.4 Å². The molecule has 0 aliphatic heterocycles. The van der Waals surface area contributed by atoms with Crippen molar-refractivity contribution in [3.05, 3.63) is 90.0 Å². The third-order valence-electron chi connectivity index (χ3n) is 6.58. The zero-order valence-corrected chi connectivity index (χ0v) is 20.0. The number of carbonyl (C=O) groups excluding carboxylic acids is 2. The van der Waals surface area contributed by atoms with Gasteiger partial charge in [-0.3, -0.25) is 10.1 Å². The quantitative estimate of drug-likeness (QED) is 0.330. The van der Waals surface area contributed by atoms with Crippen LogP contribution in [0.3, 0.4) is 0 Å². The smallest absolute Gasteiger partial charge is 0.413 e. The largest absolute Gasteiger partial charge is 0.468 e. The van der Waals surface area contributed by atoms with Crippen molar-refractivity contribution in [3.8, 4) is 22.4 Å². The highest BCUT2D eigenvalue weighted by Gasteiger charge is 2.52. The zero-order chi connectivity index (χ0) is 25.1. The molecule has 182 valence electrons. The average Bonchev–Trinajstić information content (AvgIpc) is 3.61. The Balaban J connectivity index is 1.27. The number of methoxy groups -OCH3 is 1. The maximum atomic E-state index is 12.4. The lowest BCUT2D eigenvalue weighted by atomic mass is 9.93. The molecule has 0 radical (unpaired) electrons. The summed E-state index contributed by atoms with van der Waals surface area (Å²) in [5.41, 5.74) is 4.75. The molecule has 1 heterocycles. The molecular weight excluding hydrogens is 456 g/mol. The number of amides is 1. The van der Waals surface area contributed by atoms with E-state index in [4.69, 9.17) is 9.47 Å². The number of benzene rings is 3. The molecule has 1 aromatic heterocycles. The average molecular weight is 483 g/mol. The molecule has 8 heteroatoms. The van der Waals surface area contributed by atoms with Crippen LogP contribution < -0.4 is 5.32 Å². The highest BCUT2D eigenvalue weighted by Crippen LogP contribution is 2.49. The van der Waals surface area contributed by atoms with Gasteiger partial charge in [0.15, 0.2) is 5.82 Å². The van der Waals surface area contributed by atoms with E-state index in [1.165, 1.54) is 7.11 Å². The predicted octanol–water partition coefficient (Wildman–Crippen LogP) is 5.65. The van der Waals surface area contributed by atoms with E-state index >= 15 is 0 Å². The molecule has 2 N–H and O–H groups in total. The van der Waals surface area contributed by atoms with Crippen LogP contribution in [-0.4, -0.2) is 34.6 Å². The molecule has 1 unspecified atom stereocenters. The summed E-state index contributed by atoms with van der Waals surface area (Å²) >= 11 is 0. The molecule has 3 aromatic carbocycles. The van der Waals surface area contributed by atoms with Gasteiger partial charge in [-0.2, -0.15) is 0 Å². The van der Waals surface area contributed by atoms with Gasteiger partial charge in [-0.1, -0.05) is 84.1 Å². The third-order valence-corrected chi connectivity index (χ3v) is 6.58. The molecule has 1 aliphatic rings. The first kappa shape index (κ1) is 23.3. The van der Waals surface area contributed by atoms with Gasteiger partial charge >= 0.3 is 12.1 Å². The molecule has 36 heavy (non-hydrogen) atoms. The molecule has 1 aliphatic carbocycles. The third kappa shape index (κ3) is 4.57. The number of hydrogen-bond donors (Lipinski definition) is 2. The van der Waals surface area contributed by atoms with Crippen molar-refractivity contribution in [3.63, 3.8) is 0 Å². The Morgan fingerprint density at radius 1 is 0.917 bits per heavy atom. The molecule has 4 aromatic rings. The Morgan fingerprint density at radius 3 is 2.14 bits per heavy atom. The van der Waals surface area contributed by atoms with E-state index in [-0.39, 0.29) is 5.97 Å². The van der Waals surface area contributed by atoms with Crippen LogP contribution in [0.2, 0.25) is 0 Å². The number of nitrogens with one attached hydrogen (secondary N) is 2. The number of esters is 1. The molecule has 5 rings (SSSR count). The lowest BCUT2D eigenvalue weighted by Crippen LogP contribution is -2.21. The number of rotatable bonds is 7. The second-order valence-electron chi connectivity index (χ2n) is 8.85. The summed E-state index contributed by atoms with van der Waals surface area (Å²) in [4.78, 5) is 24.6. The van der Waals surface area contributed by atoms with Crippen molar-refractivity contribution in [1.29, 1.82) is 0 Å². The lowest BCUT2D eigenvalue weighted by Gasteiger charge is -2.14. The Hall–Kier alpha value is -4.46. The van der Waals surface area contributed by atoms with Gasteiger partial charge in [0.25, 0.3) is 0 Å². The van der Waals surface area contributed by atoms with Crippen LogP contribution in [0.25, 0.3) is 22.4 Å². The molecule has 0 spiro atoms. The van der Waals surface area contributed by atoms with E-state index in [1.54, 1.807) is 0 Å². The SMILES string of the molecule is COC(=O)C1(c2ccc(-c3ccc(-c4nn[nH]c4NC(=O)OC(C)c4ccccc4)cc3)cc2)CC1. The fourth-order valence-electron chi connectivity index (χ4n) is 4.33. The van der Waals surface area contributed by atoms with E-state index in [9.17, 15) is 9.59 Å². The Bertz CT molecular complexity index is 1360. The van der Waals surface area contributed by atoms with E-state index in [0.717, 1.165) is 40.7 Å². The van der Waals surface area contributed by atoms with Crippen LogP contribution in [0.4, 0.5) is 10.6 Å². The number of aromatic amines is 1. The number of ether oxygens (including phenoxy) is 2. The van der Waals surface area contributed by atoms with Gasteiger partial charge in [0.1, 0.15) is 11.8 Å². The van der Waals surface area contributed by atoms with Gasteiger partial charge in [-0.05, 0) is 42.0 Å². The minimum Gasteiger partial charge on any atom is -0.468 e. The highest BCUT2D eigenvalue weighted by atomic mass is 16.6. The van der Waals surface area contributed by atoms with Crippen molar-refractivity contribution in [2.24, 2.45) is 0 Å². The number of H-pyrrole nitrogens is 1. The van der Waals surface area contributed by atoms with Crippen LogP contribution in [-0.2, 0) is 19.7 Å². The normalized spacial score (nSPS) is 14.5. The van der Waals surface area contributed by atoms with Crippen LogP contribution in [0.5, 0.6) is 0 Å². The van der Waals surface area contributed by atoms with Crippen LogP contribution in [0.1, 0.15) is 37.0 Å². The summed E-state index contributed by atoms with van der Waals surface area (Å²) < 4.78 is 10.5. The topological polar surface area (TPSA) is 106 Å². The molecule has 1 saturated carbocycles. The maximum Gasteiger partial charge on any atom is 0.413 e. The monoisotopic (exact) mass is 482 g/mol. The van der Waals surface area contributed by atoms with Crippen LogP contribution >= 0.6 is 0 Å². The summed E-state index contributed by atoms with van der Waals surface area (Å²) in [6, 6.07) is 25.3. The Labute approximate surface area is 208 Å². The molecule has 0 saturated heterocycles. The standard InChI is InChI=1S/C28H26N4O4/c1-18(19-6-4-3-5-7-19)36-27(34)29-25-24(30-32-31-25)22-10-8-20(9-11-22)21-12-14-23(15-13-21)28(16-17-28)26(33)35-2/h3-15,18H,16-17H2,1-2H3,(H2,29,30,31,32,34). The first-order valence-electron chi connectivity index (χ1n) is 11.7. The van der Waals surface area contributed by atoms with Crippen LogP contribution in [0.15, 0.2) is 78.9 Å². The first-order valence-corrected chi connectivity index (χ1v) is 11.7. The van der Waals surface area contributed by atoms with Crippen molar-refractivity contribution in [2.45, 2.75) is 31.3 Å².